The average Bonchev–Trinajstić information content (AvgIpc) is 3.12. The van der Waals surface area contributed by atoms with Crippen LogP contribution in [0.1, 0.15) is 37.8 Å². The molecule has 1 spiro atoms. The Labute approximate surface area is 174 Å². The number of anilines is 1. The van der Waals surface area contributed by atoms with Crippen LogP contribution < -0.4 is 9.64 Å². The molecule has 5 nitrogen and oxygen atoms in total. The van der Waals surface area contributed by atoms with Crippen LogP contribution in [0.15, 0.2) is 24.3 Å². The second-order valence-electron chi connectivity index (χ2n) is 10.4. The zero-order valence-corrected chi connectivity index (χ0v) is 18.6. The molecule has 158 valence electrons. The molecule has 3 aliphatic heterocycles. The van der Waals surface area contributed by atoms with Crippen LogP contribution in [0.25, 0.3) is 0 Å². The standard InChI is InChI=1S/C24H35N2O3/c1-7-23-9-8-11-26(5)12-10-24(20(23)26)16-13-15(2)18(29-6)14-17(16)25(4)19(24)22(3,28)21(23)27/h8-9,13-14,19-21,27-28H,7,10-12H2,1-6H3/q+1. The van der Waals surface area contributed by atoms with Crippen molar-refractivity contribution in [1.82, 2.24) is 0 Å². The van der Waals surface area contributed by atoms with Gasteiger partial charge >= 0.3 is 0 Å². The van der Waals surface area contributed by atoms with Crippen LogP contribution >= 0.6 is 0 Å². The molecule has 0 radical (unpaired) electrons. The molecule has 7 atom stereocenters. The largest absolute Gasteiger partial charge is 0.496 e. The summed E-state index contributed by atoms with van der Waals surface area (Å²) in [5.41, 5.74) is 1.75. The molecule has 5 heteroatoms. The SMILES string of the molecule is CCC12C=CC[N+]3(C)CCC4(c5cc(C)c(OC)cc5N(C)C4C(C)(O)C1O)C23. The van der Waals surface area contributed by atoms with Crippen molar-refractivity contribution in [1.29, 1.82) is 0 Å². The Balaban J connectivity index is 1.87. The molecule has 1 saturated heterocycles. The number of aliphatic hydroxyl groups excluding tert-OH is 1. The number of methoxy groups -OCH3 is 1. The zero-order chi connectivity index (χ0) is 21.0. The minimum absolute atomic E-state index is 0.164. The lowest BCUT2D eigenvalue weighted by atomic mass is 9.48. The molecule has 5 rings (SSSR count). The summed E-state index contributed by atoms with van der Waals surface area (Å²) in [6.07, 6.45) is 5.53. The third-order valence-electron chi connectivity index (χ3n) is 9.11. The highest BCUT2D eigenvalue weighted by Gasteiger charge is 2.79. The van der Waals surface area contributed by atoms with Crippen LogP contribution in [0.5, 0.6) is 5.75 Å². The molecule has 0 bridgehead atoms. The van der Waals surface area contributed by atoms with E-state index in [0.717, 1.165) is 47.4 Å². The van der Waals surface area contributed by atoms with Gasteiger partial charge in [-0.1, -0.05) is 13.0 Å². The number of fused-ring (bicyclic) bond motifs is 1. The number of aryl methyl sites for hydroxylation is 1. The number of ether oxygens (including phenoxy) is 1. The van der Waals surface area contributed by atoms with Crippen molar-refractivity contribution in [3.05, 3.63) is 35.4 Å². The van der Waals surface area contributed by atoms with Gasteiger partial charge in [0.25, 0.3) is 0 Å². The van der Waals surface area contributed by atoms with Gasteiger partial charge in [0.2, 0.25) is 0 Å². The first-order valence-corrected chi connectivity index (χ1v) is 10.9. The number of benzene rings is 1. The van der Waals surface area contributed by atoms with Crippen LogP contribution in [0.2, 0.25) is 0 Å². The Kier molecular flexibility index (Phi) is 3.73. The fraction of sp³-hybridized carbons (Fsp3) is 0.667. The lowest BCUT2D eigenvalue weighted by Crippen LogP contribution is -2.80. The number of likely N-dealkylation sites (N-methyl/N-ethyl adjacent to an activating group) is 2. The molecule has 0 aromatic heterocycles. The predicted octanol–water partition coefficient (Wildman–Crippen LogP) is 2.37. The van der Waals surface area contributed by atoms with Crippen molar-refractivity contribution in [3.63, 3.8) is 0 Å². The van der Waals surface area contributed by atoms with E-state index >= 15 is 0 Å². The Bertz CT molecular complexity index is 912. The topological polar surface area (TPSA) is 52.9 Å². The predicted molar refractivity (Wildman–Crippen MR) is 114 cm³/mol. The first kappa shape index (κ1) is 19.4. The Morgan fingerprint density at radius 2 is 2.07 bits per heavy atom. The van der Waals surface area contributed by atoms with E-state index < -0.39 is 17.1 Å². The van der Waals surface area contributed by atoms with Crippen molar-refractivity contribution in [3.8, 4) is 5.75 Å². The average molecular weight is 400 g/mol. The smallest absolute Gasteiger partial charge is 0.123 e. The van der Waals surface area contributed by atoms with E-state index in [0.29, 0.717) is 0 Å². The minimum atomic E-state index is -1.22. The van der Waals surface area contributed by atoms with E-state index in [-0.39, 0.29) is 17.5 Å². The van der Waals surface area contributed by atoms with Crippen molar-refractivity contribution < 1.29 is 19.4 Å². The van der Waals surface area contributed by atoms with Crippen LogP contribution in [0.4, 0.5) is 5.69 Å². The molecule has 1 saturated carbocycles. The van der Waals surface area contributed by atoms with Gasteiger partial charge < -0.3 is 24.3 Å². The third-order valence-corrected chi connectivity index (χ3v) is 9.11. The Morgan fingerprint density at radius 1 is 1.34 bits per heavy atom. The highest BCUT2D eigenvalue weighted by molar-refractivity contribution is 5.70. The quantitative estimate of drug-likeness (QED) is 0.592. The highest BCUT2D eigenvalue weighted by Crippen LogP contribution is 2.68. The van der Waals surface area contributed by atoms with E-state index in [1.807, 2.05) is 6.92 Å². The maximum Gasteiger partial charge on any atom is 0.123 e. The minimum Gasteiger partial charge on any atom is -0.496 e. The van der Waals surface area contributed by atoms with Gasteiger partial charge in [0.05, 0.1) is 50.2 Å². The van der Waals surface area contributed by atoms with Gasteiger partial charge in [-0.2, -0.15) is 0 Å². The number of nitrogens with zero attached hydrogens (tertiary/aromatic N) is 2. The van der Waals surface area contributed by atoms with Gasteiger partial charge in [0.15, 0.2) is 0 Å². The monoisotopic (exact) mass is 399 g/mol. The van der Waals surface area contributed by atoms with Crippen LogP contribution in [-0.4, -0.2) is 72.8 Å². The van der Waals surface area contributed by atoms with Crippen LogP contribution in [-0.2, 0) is 5.41 Å². The van der Waals surface area contributed by atoms with Gasteiger partial charge in [0, 0.05) is 25.2 Å². The molecule has 1 aromatic carbocycles. The summed E-state index contributed by atoms with van der Waals surface area (Å²) < 4.78 is 6.57. The van der Waals surface area contributed by atoms with E-state index in [2.05, 4.69) is 57.1 Å². The molecule has 7 unspecified atom stereocenters. The lowest BCUT2D eigenvalue weighted by molar-refractivity contribution is -0.928. The fourth-order valence-electron chi connectivity index (χ4n) is 8.24. The van der Waals surface area contributed by atoms with Crippen molar-refractivity contribution in [2.45, 2.75) is 62.8 Å². The van der Waals surface area contributed by atoms with Gasteiger partial charge in [-0.15, -0.1) is 0 Å². The maximum atomic E-state index is 11.9. The number of aliphatic hydroxyl groups is 2. The van der Waals surface area contributed by atoms with E-state index in [1.165, 1.54) is 5.56 Å². The molecule has 1 aliphatic carbocycles. The number of hydrogen-bond acceptors (Lipinski definition) is 4. The summed E-state index contributed by atoms with van der Waals surface area (Å²) in [6, 6.07) is 4.51. The summed E-state index contributed by atoms with van der Waals surface area (Å²) >= 11 is 0. The Hall–Kier alpha value is -1.56. The van der Waals surface area contributed by atoms with E-state index in [1.54, 1.807) is 7.11 Å². The normalized spacial score (nSPS) is 47.0. The zero-order valence-electron chi connectivity index (χ0n) is 18.6. The van der Waals surface area contributed by atoms with Crippen LogP contribution in [0.3, 0.4) is 0 Å². The highest BCUT2D eigenvalue weighted by atomic mass is 16.5. The van der Waals surface area contributed by atoms with Crippen molar-refractivity contribution in [2.75, 3.05) is 39.2 Å². The second-order valence-corrected chi connectivity index (χ2v) is 10.4. The van der Waals surface area contributed by atoms with Gasteiger partial charge in [-0.3, -0.25) is 0 Å². The molecule has 2 fully saturated rings. The van der Waals surface area contributed by atoms with Gasteiger partial charge in [0.1, 0.15) is 17.4 Å². The first-order chi connectivity index (χ1) is 13.6. The molecule has 29 heavy (non-hydrogen) atoms. The molecule has 4 aliphatic rings. The fourth-order valence-corrected chi connectivity index (χ4v) is 8.24. The molecule has 1 aromatic rings. The lowest BCUT2D eigenvalue weighted by Gasteiger charge is -2.63. The summed E-state index contributed by atoms with van der Waals surface area (Å²) in [5.74, 6) is 0.881. The number of rotatable bonds is 2. The van der Waals surface area contributed by atoms with Gasteiger partial charge in [-0.25, -0.2) is 0 Å². The summed E-state index contributed by atoms with van der Waals surface area (Å²) in [7, 11) is 6.15. The van der Waals surface area contributed by atoms with Crippen LogP contribution in [0, 0.1) is 12.3 Å². The maximum absolute atomic E-state index is 11.9. The number of quaternary nitrogens is 1. The Morgan fingerprint density at radius 3 is 2.72 bits per heavy atom. The number of hydrogen-bond donors (Lipinski definition) is 2. The summed E-state index contributed by atoms with van der Waals surface area (Å²) in [6.45, 7) is 8.19. The molecular formula is C24H35N2O3+. The van der Waals surface area contributed by atoms with E-state index in [4.69, 9.17) is 4.74 Å². The molecule has 0 amide bonds. The second kappa shape index (κ2) is 5.57. The van der Waals surface area contributed by atoms with Gasteiger partial charge in [-0.05, 0) is 43.5 Å². The molecule has 3 heterocycles. The summed E-state index contributed by atoms with van der Waals surface area (Å²) in [5, 5.41) is 23.6. The van der Waals surface area contributed by atoms with Crippen molar-refractivity contribution in [2.24, 2.45) is 5.41 Å². The molecular weight excluding hydrogens is 364 g/mol. The first-order valence-electron chi connectivity index (χ1n) is 10.9. The summed E-state index contributed by atoms with van der Waals surface area (Å²) in [4.78, 5) is 2.23. The van der Waals surface area contributed by atoms with Crippen molar-refractivity contribution >= 4 is 5.69 Å². The third kappa shape index (κ3) is 1.93. The molecule has 2 N–H and O–H groups in total. The van der Waals surface area contributed by atoms with E-state index in [9.17, 15) is 10.2 Å².